The van der Waals surface area contributed by atoms with Gasteiger partial charge in [-0.2, -0.15) is 0 Å². The summed E-state index contributed by atoms with van der Waals surface area (Å²) in [5, 5.41) is 2.41. The van der Waals surface area contributed by atoms with Crippen molar-refractivity contribution in [2.45, 2.75) is 31.3 Å². The fourth-order valence-electron chi connectivity index (χ4n) is 2.75. The molecule has 1 aliphatic heterocycles. The SMILES string of the molecule is O=C(Nc1ccc(F)cc1F)N(C1CC1)[C@@H]1CCS(=O)(=O)C1. The van der Waals surface area contributed by atoms with Crippen LogP contribution in [-0.2, 0) is 9.84 Å². The molecule has 1 saturated heterocycles. The molecule has 2 fully saturated rings. The molecule has 2 amide bonds. The summed E-state index contributed by atoms with van der Waals surface area (Å²) >= 11 is 0. The van der Waals surface area contributed by atoms with Crippen molar-refractivity contribution in [1.82, 2.24) is 4.90 Å². The highest BCUT2D eigenvalue weighted by atomic mass is 32.2. The smallest absolute Gasteiger partial charge is 0.318 e. The number of urea groups is 1. The Labute approximate surface area is 127 Å². The van der Waals surface area contributed by atoms with Gasteiger partial charge in [0.1, 0.15) is 11.6 Å². The summed E-state index contributed by atoms with van der Waals surface area (Å²) < 4.78 is 49.7. The van der Waals surface area contributed by atoms with E-state index in [1.54, 1.807) is 0 Å². The second kappa shape index (κ2) is 5.49. The van der Waals surface area contributed by atoms with Crippen molar-refractivity contribution in [1.29, 1.82) is 0 Å². The lowest BCUT2D eigenvalue weighted by atomic mass is 10.2. The van der Waals surface area contributed by atoms with Gasteiger partial charge in [0.25, 0.3) is 0 Å². The highest BCUT2D eigenvalue weighted by Crippen LogP contribution is 2.33. The first-order chi connectivity index (χ1) is 10.4. The van der Waals surface area contributed by atoms with Crippen LogP contribution in [0, 0.1) is 11.6 Å². The molecule has 5 nitrogen and oxygen atoms in total. The molecule has 1 N–H and O–H groups in total. The molecule has 120 valence electrons. The highest BCUT2D eigenvalue weighted by Gasteiger charge is 2.42. The number of rotatable bonds is 3. The van der Waals surface area contributed by atoms with E-state index in [-0.39, 0.29) is 29.3 Å². The summed E-state index contributed by atoms with van der Waals surface area (Å²) in [6, 6.07) is 1.99. The third kappa shape index (κ3) is 3.21. The molecule has 8 heteroatoms. The molecule has 1 heterocycles. The van der Waals surface area contributed by atoms with E-state index >= 15 is 0 Å². The number of carbonyl (C=O) groups excluding carboxylic acids is 1. The van der Waals surface area contributed by atoms with Gasteiger partial charge in [-0.05, 0) is 31.4 Å². The number of halogens is 2. The Morgan fingerprint density at radius 3 is 2.45 bits per heavy atom. The summed E-state index contributed by atoms with van der Waals surface area (Å²) in [4.78, 5) is 13.9. The monoisotopic (exact) mass is 330 g/mol. The summed E-state index contributed by atoms with van der Waals surface area (Å²) in [6.07, 6.45) is 2.03. The number of sulfone groups is 1. The Hall–Kier alpha value is -1.70. The van der Waals surface area contributed by atoms with Gasteiger partial charge < -0.3 is 10.2 Å². The van der Waals surface area contributed by atoms with E-state index in [9.17, 15) is 22.0 Å². The highest BCUT2D eigenvalue weighted by molar-refractivity contribution is 7.91. The van der Waals surface area contributed by atoms with Gasteiger partial charge in [0.05, 0.1) is 17.2 Å². The fourth-order valence-corrected chi connectivity index (χ4v) is 4.46. The van der Waals surface area contributed by atoms with Crippen LogP contribution in [0.3, 0.4) is 0 Å². The number of nitrogens with zero attached hydrogens (tertiary/aromatic N) is 1. The van der Waals surface area contributed by atoms with Crippen molar-refractivity contribution >= 4 is 21.6 Å². The van der Waals surface area contributed by atoms with Crippen LogP contribution in [0.5, 0.6) is 0 Å². The van der Waals surface area contributed by atoms with Gasteiger partial charge in [-0.25, -0.2) is 22.0 Å². The number of amides is 2. The number of hydrogen-bond donors (Lipinski definition) is 1. The zero-order valence-corrected chi connectivity index (χ0v) is 12.6. The molecule has 0 aromatic heterocycles. The van der Waals surface area contributed by atoms with Crippen LogP contribution < -0.4 is 5.32 Å². The van der Waals surface area contributed by atoms with E-state index in [0.717, 1.165) is 25.0 Å². The predicted molar refractivity (Wildman–Crippen MR) is 77.3 cm³/mol. The molecule has 0 unspecified atom stereocenters. The van der Waals surface area contributed by atoms with Gasteiger partial charge in [-0.15, -0.1) is 0 Å². The Bertz CT molecular complexity index is 704. The van der Waals surface area contributed by atoms with E-state index in [2.05, 4.69) is 5.32 Å². The molecule has 22 heavy (non-hydrogen) atoms. The average Bonchev–Trinajstić information content (AvgIpc) is 3.18. The predicted octanol–water partition coefficient (Wildman–Crippen LogP) is 2.15. The minimum atomic E-state index is -3.11. The molecule has 1 saturated carbocycles. The summed E-state index contributed by atoms with van der Waals surface area (Å²) in [5.74, 6) is -1.57. The van der Waals surface area contributed by atoms with Crippen molar-refractivity contribution in [2.75, 3.05) is 16.8 Å². The molecule has 0 radical (unpaired) electrons. The molecule has 3 rings (SSSR count). The van der Waals surface area contributed by atoms with Gasteiger partial charge in [-0.3, -0.25) is 0 Å². The normalized spacial score (nSPS) is 23.3. The first kappa shape index (κ1) is 15.2. The lowest BCUT2D eigenvalue weighted by molar-refractivity contribution is 0.190. The molecule has 1 aromatic carbocycles. The lowest BCUT2D eigenvalue weighted by Gasteiger charge is -2.28. The standard InChI is InChI=1S/C14H16F2N2O3S/c15-9-1-4-13(12(16)7-9)17-14(19)18(10-2-3-10)11-5-6-22(20,21)8-11/h1,4,7,10-11H,2-3,5-6,8H2,(H,17,19)/t11-/m1/s1. The van der Waals surface area contributed by atoms with Gasteiger partial charge in [-0.1, -0.05) is 0 Å². The molecule has 0 spiro atoms. The van der Waals surface area contributed by atoms with Gasteiger partial charge in [0.15, 0.2) is 9.84 Å². The number of carbonyl (C=O) groups is 1. The first-order valence-electron chi connectivity index (χ1n) is 7.10. The summed E-state index contributed by atoms with van der Waals surface area (Å²) in [6.45, 7) is 0. The third-order valence-corrected chi connectivity index (χ3v) is 5.70. The molecule has 1 aromatic rings. The van der Waals surface area contributed by atoms with Gasteiger partial charge >= 0.3 is 6.03 Å². The van der Waals surface area contributed by atoms with Crippen LogP contribution in [0.1, 0.15) is 19.3 Å². The van der Waals surface area contributed by atoms with E-state index in [1.807, 2.05) is 0 Å². The van der Waals surface area contributed by atoms with Gasteiger partial charge in [0.2, 0.25) is 0 Å². The number of nitrogens with one attached hydrogen (secondary N) is 1. The third-order valence-electron chi connectivity index (χ3n) is 3.95. The second-order valence-corrected chi connectivity index (χ2v) is 7.98. The van der Waals surface area contributed by atoms with Crippen molar-refractivity contribution in [2.24, 2.45) is 0 Å². The minimum absolute atomic E-state index is 0.00168. The fraction of sp³-hybridized carbons (Fsp3) is 0.500. The van der Waals surface area contributed by atoms with Crippen molar-refractivity contribution in [3.63, 3.8) is 0 Å². The first-order valence-corrected chi connectivity index (χ1v) is 8.93. The van der Waals surface area contributed by atoms with Crippen molar-refractivity contribution in [3.8, 4) is 0 Å². The van der Waals surface area contributed by atoms with Crippen molar-refractivity contribution < 1.29 is 22.0 Å². The van der Waals surface area contributed by atoms with Crippen LogP contribution >= 0.6 is 0 Å². The minimum Gasteiger partial charge on any atom is -0.318 e. The van der Waals surface area contributed by atoms with Gasteiger partial charge in [0, 0.05) is 18.2 Å². The van der Waals surface area contributed by atoms with Crippen LogP contribution in [0.4, 0.5) is 19.3 Å². The average molecular weight is 330 g/mol. The second-order valence-electron chi connectivity index (χ2n) is 5.75. The Balaban J connectivity index is 1.76. The number of anilines is 1. The molecular weight excluding hydrogens is 314 g/mol. The van der Waals surface area contributed by atoms with Crippen LogP contribution in [-0.4, -0.2) is 42.9 Å². The zero-order valence-electron chi connectivity index (χ0n) is 11.8. The maximum atomic E-state index is 13.6. The Morgan fingerprint density at radius 2 is 1.91 bits per heavy atom. The van der Waals surface area contributed by atoms with E-state index in [0.29, 0.717) is 12.5 Å². The largest absolute Gasteiger partial charge is 0.322 e. The Morgan fingerprint density at radius 1 is 1.18 bits per heavy atom. The van der Waals surface area contributed by atoms with Crippen LogP contribution in [0.25, 0.3) is 0 Å². The van der Waals surface area contributed by atoms with E-state index in [1.165, 1.54) is 4.90 Å². The maximum Gasteiger partial charge on any atom is 0.322 e. The molecule has 2 aliphatic rings. The van der Waals surface area contributed by atoms with Crippen molar-refractivity contribution in [3.05, 3.63) is 29.8 Å². The Kier molecular flexibility index (Phi) is 3.80. The molecule has 0 bridgehead atoms. The topological polar surface area (TPSA) is 66.5 Å². The quantitative estimate of drug-likeness (QED) is 0.923. The van der Waals surface area contributed by atoms with Crippen LogP contribution in [0.2, 0.25) is 0 Å². The summed E-state index contributed by atoms with van der Waals surface area (Å²) in [5.41, 5.74) is -0.113. The zero-order chi connectivity index (χ0) is 15.9. The molecular formula is C14H16F2N2O3S. The van der Waals surface area contributed by atoms with Crippen LogP contribution in [0.15, 0.2) is 18.2 Å². The summed E-state index contributed by atoms with van der Waals surface area (Å²) in [7, 11) is -3.11. The van der Waals surface area contributed by atoms with E-state index in [4.69, 9.17) is 0 Å². The molecule has 1 aliphatic carbocycles. The van der Waals surface area contributed by atoms with E-state index < -0.39 is 27.5 Å². The lowest BCUT2D eigenvalue weighted by Crippen LogP contribution is -2.45. The maximum absolute atomic E-state index is 13.6. The molecule has 1 atom stereocenters. The number of benzene rings is 1. The number of hydrogen-bond acceptors (Lipinski definition) is 3.